The summed E-state index contributed by atoms with van der Waals surface area (Å²) in [5.41, 5.74) is 2.32. The number of hydrogen-bond donors (Lipinski definition) is 2. The minimum Gasteiger partial charge on any atom is -0.395 e. The molecule has 2 rings (SSSR count). The number of benzene rings is 1. The zero-order valence-electron chi connectivity index (χ0n) is 11.1. The predicted molar refractivity (Wildman–Crippen MR) is 74.0 cm³/mol. The highest BCUT2D eigenvalue weighted by Gasteiger charge is 2.15. The van der Waals surface area contributed by atoms with Gasteiger partial charge in [0.25, 0.3) is 5.91 Å². The molecule has 102 valence electrons. The highest BCUT2D eigenvalue weighted by atomic mass is 16.3. The first-order valence-electron chi connectivity index (χ1n) is 6.59. The van der Waals surface area contributed by atoms with Crippen LogP contribution in [0.2, 0.25) is 0 Å². The van der Waals surface area contributed by atoms with Gasteiger partial charge in [0.15, 0.2) is 0 Å². The van der Waals surface area contributed by atoms with E-state index in [2.05, 4.69) is 16.9 Å². The summed E-state index contributed by atoms with van der Waals surface area (Å²) in [7, 11) is 0. The molecule has 0 fully saturated rings. The van der Waals surface area contributed by atoms with Gasteiger partial charge in [-0.05, 0) is 24.6 Å². The van der Waals surface area contributed by atoms with Gasteiger partial charge in [-0.15, -0.1) is 0 Å². The van der Waals surface area contributed by atoms with Crippen molar-refractivity contribution in [2.24, 2.45) is 0 Å². The van der Waals surface area contributed by atoms with Gasteiger partial charge in [-0.2, -0.15) is 0 Å². The molecule has 2 aromatic rings. The molecule has 0 saturated carbocycles. The number of carbonyl (C=O) groups excluding carboxylic acids is 1. The van der Waals surface area contributed by atoms with E-state index in [1.54, 1.807) is 23.4 Å². The number of amides is 1. The lowest BCUT2D eigenvalue weighted by atomic mass is 10.1. The van der Waals surface area contributed by atoms with Crippen molar-refractivity contribution in [1.29, 1.82) is 0 Å². The van der Waals surface area contributed by atoms with Crippen LogP contribution in [-0.2, 0) is 0 Å². The van der Waals surface area contributed by atoms with Crippen molar-refractivity contribution in [2.75, 3.05) is 19.7 Å². The molecule has 0 radical (unpaired) electrons. The van der Waals surface area contributed by atoms with Gasteiger partial charge in [-0.25, -0.2) is 4.98 Å². The van der Waals surface area contributed by atoms with Gasteiger partial charge in [-0.3, -0.25) is 4.79 Å². The van der Waals surface area contributed by atoms with Gasteiger partial charge in [0.2, 0.25) is 0 Å². The minimum atomic E-state index is -0.0426. The Kier molecular flexibility index (Phi) is 4.52. The first-order valence-corrected chi connectivity index (χ1v) is 6.59. The maximum Gasteiger partial charge on any atom is 0.254 e. The smallest absolute Gasteiger partial charge is 0.254 e. The van der Waals surface area contributed by atoms with Crippen LogP contribution in [-0.4, -0.2) is 45.6 Å². The number of aliphatic hydroxyl groups excluding tert-OH is 1. The zero-order chi connectivity index (χ0) is 13.7. The number of fused-ring (bicyclic) bond motifs is 1. The van der Waals surface area contributed by atoms with Crippen molar-refractivity contribution in [3.8, 4) is 0 Å². The molecular formula is C14H19N3O2. The fourth-order valence-corrected chi connectivity index (χ4v) is 2.04. The summed E-state index contributed by atoms with van der Waals surface area (Å²) in [5, 5.41) is 9.06. The van der Waals surface area contributed by atoms with Crippen LogP contribution in [0.3, 0.4) is 0 Å². The van der Waals surface area contributed by atoms with Crippen LogP contribution in [0.5, 0.6) is 0 Å². The summed E-state index contributed by atoms with van der Waals surface area (Å²) in [6.45, 7) is 3.12. The lowest BCUT2D eigenvalue weighted by Crippen LogP contribution is -2.34. The van der Waals surface area contributed by atoms with E-state index in [9.17, 15) is 4.79 Å². The van der Waals surface area contributed by atoms with Gasteiger partial charge in [-0.1, -0.05) is 13.3 Å². The topological polar surface area (TPSA) is 69.2 Å². The Bertz CT molecular complexity index is 550. The molecule has 2 N–H and O–H groups in total. The molecule has 0 aliphatic heterocycles. The molecule has 0 aliphatic rings. The van der Waals surface area contributed by atoms with Crippen LogP contribution < -0.4 is 0 Å². The Balaban J connectivity index is 2.19. The van der Waals surface area contributed by atoms with Crippen LogP contribution in [0.25, 0.3) is 11.0 Å². The summed E-state index contributed by atoms with van der Waals surface area (Å²) in [6, 6.07) is 5.42. The van der Waals surface area contributed by atoms with Crippen molar-refractivity contribution in [1.82, 2.24) is 14.9 Å². The van der Waals surface area contributed by atoms with E-state index in [0.717, 1.165) is 23.9 Å². The lowest BCUT2D eigenvalue weighted by Gasteiger charge is -2.21. The van der Waals surface area contributed by atoms with E-state index >= 15 is 0 Å². The van der Waals surface area contributed by atoms with Crippen molar-refractivity contribution in [3.05, 3.63) is 30.1 Å². The van der Waals surface area contributed by atoms with Crippen molar-refractivity contribution in [3.63, 3.8) is 0 Å². The normalized spacial score (nSPS) is 10.8. The summed E-state index contributed by atoms with van der Waals surface area (Å²) < 4.78 is 0. The molecule has 0 saturated heterocycles. The maximum absolute atomic E-state index is 12.4. The van der Waals surface area contributed by atoms with E-state index < -0.39 is 0 Å². The second-order valence-electron chi connectivity index (χ2n) is 4.50. The number of nitrogens with zero attached hydrogens (tertiary/aromatic N) is 2. The summed E-state index contributed by atoms with van der Waals surface area (Å²) in [4.78, 5) is 21.2. The third-order valence-electron chi connectivity index (χ3n) is 3.11. The number of aromatic nitrogens is 2. The first-order chi connectivity index (χ1) is 9.26. The molecule has 1 aromatic carbocycles. The number of carbonyl (C=O) groups is 1. The van der Waals surface area contributed by atoms with Crippen LogP contribution in [0.15, 0.2) is 24.5 Å². The number of rotatable bonds is 6. The second kappa shape index (κ2) is 6.33. The van der Waals surface area contributed by atoms with Crippen molar-refractivity contribution < 1.29 is 9.90 Å². The van der Waals surface area contributed by atoms with Crippen LogP contribution in [0, 0.1) is 0 Å². The largest absolute Gasteiger partial charge is 0.395 e. The summed E-state index contributed by atoms with van der Waals surface area (Å²) in [5.74, 6) is -0.0426. The standard InChI is InChI=1S/C14H19N3O2/c1-2-3-6-17(7-8-18)14(19)11-4-5-12-13(9-11)16-10-15-12/h4-5,9-10,18H,2-3,6-8H2,1H3,(H,15,16). The SMILES string of the molecule is CCCCN(CCO)C(=O)c1ccc2nc[nH]c2c1. The fourth-order valence-electron chi connectivity index (χ4n) is 2.04. The molecule has 0 atom stereocenters. The quantitative estimate of drug-likeness (QED) is 0.833. The molecule has 1 aromatic heterocycles. The molecule has 1 heterocycles. The van der Waals surface area contributed by atoms with Crippen LogP contribution >= 0.6 is 0 Å². The fraction of sp³-hybridized carbons (Fsp3) is 0.429. The molecular weight excluding hydrogens is 242 g/mol. The number of imidazole rings is 1. The van der Waals surface area contributed by atoms with Gasteiger partial charge in [0.1, 0.15) is 0 Å². The van der Waals surface area contributed by atoms with Gasteiger partial charge in [0, 0.05) is 18.7 Å². The minimum absolute atomic E-state index is 0.0121. The highest BCUT2D eigenvalue weighted by Crippen LogP contribution is 2.13. The first kappa shape index (κ1) is 13.5. The lowest BCUT2D eigenvalue weighted by molar-refractivity contribution is 0.0719. The molecule has 0 aliphatic carbocycles. The van der Waals surface area contributed by atoms with E-state index in [0.29, 0.717) is 18.7 Å². The Hall–Kier alpha value is -1.88. The Labute approximate surface area is 112 Å². The average Bonchev–Trinajstić information content (AvgIpc) is 2.90. The predicted octanol–water partition coefficient (Wildman–Crippen LogP) is 1.80. The molecule has 5 heteroatoms. The number of aliphatic hydroxyl groups is 1. The van der Waals surface area contributed by atoms with Gasteiger partial charge < -0.3 is 15.0 Å². The zero-order valence-corrected chi connectivity index (χ0v) is 11.1. The van der Waals surface area contributed by atoms with E-state index in [-0.39, 0.29) is 12.5 Å². The monoisotopic (exact) mass is 261 g/mol. The van der Waals surface area contributed by atoms with Crippen LogP contribution in [0.4, 0.5) is 0 Å². The molecule has 5 nitrogen and oxygen atoms in total. The molecule has 0 unspecified atom stereocenters. The molecule has 19 heavy (non-hydrogen) atoms. The second-order valence-corrected chi connectivity index (χ2v) is 4.50. The summed E-state index contributed by atoms with van der Waals surface area (Å²) >= 11 is 0. The maximum atomic E-state index is 12.4. The molecule has 0 bridgehead atoms. The molecule has 1 amide bonds. The summed E-state index contributed by atoms with van der Waals surface area (Å²) in [6.07, 6.45) is 3.58. The van der Waals surface area contributed by atoms with E-state index in [1.165, 1.54) is 0 Å². The number of hydrogen-bond acceptors (Lipinski definition) is 3. The number of nitrogens with one attached hydrogen (secondary N) is 1. The van der Waals surface area contributed by atoms with E-state index in [4.69, 9.17) is 5.11 Å². The number of aromatic amines is 1. The molecule has 0 spiro atoms. The van der Waals surface area contributed by atoms with Crippen LogP contribution in [0.1, 0.15) is 30.1 Å². The number of unbranched alkanes of at least 4 members (excludes halogenated alkanes) is 1. The van der Waals surface area contributed by atoms with Crippen molar-refractivity contribution >= 4 is 16.9 Å². The average molecular weight is 261 g/mol. The Morgan fingerprint density at radius 3 is 3.00 bits per heavy atom. The highest BCUT2D eigenvalue weighted by molar-refractivity contribution is 5.97. The van der Waals surface area contributed by atoms with E-state index in [1.807, 2.05) is 6.07 Å². The third kappa shape index (κ3) is 3.12. The Morgan fingerprint density at radius 1 is 1.42 bits per heavy atom. The van der Waals surface area contributed by atoms with Crippen molar-refractivity contribution in [2.45, 2.75) is 19.8 Å². The van der Waals surface area contributed by atoms with Gasteiger partial charge >= 0.3 is 0 Å². The Morgan fingerprint density at radius 2 is 2.26 bits per heavy atom. The van der Waals surface area contributed by atoms with Gasteiger partial charge in [0.05, 0.1) is 24.0 Å². The third-order valence-corrected chi connectivity index (χ3v) is 3.11. The number of H-pyrrole nitrogens is 1.